The van der Waals surface area contributed by atoms with Gasteiger partial charge in [0.2, 0.25) is 5.95 Å². The Kier molecular flexibility index (Phi) is 4.24. The summed E-state index contributed by atoms with van der Waals surface area (Å²) in [5.41, 5.74) is -0.809. The van der Waals surface area contributed by atoms with Crippen LogP contribution in [0.5, 0.6) is 0 Å². The standard InChI is InChI=1S/C15H19N5O3/c1-11-8-12(19-23-11)13(21)18-9-15(22)4-2-7-20(10-15)14-16-5-3-6-17-14/h3,5-6,8,22H,2,4,7,9-10H2,1H3,(H,18,21)/t15-/m1/s1. The predicted octanol–water partition coefficient (Wildman–Crippen LogP) is 0.534. The molecule has 1 amide bonds. The van der Waals surface area contributed by atoms with Crippen LogP contribution in [0.25, 0.3) is 0 Å². The molecular weight excluding hydrogens is 298 g/mol. The van der Waals surface area contributed by atoms with E-state index in [1.54, 1.807) is 31.5 Å². The number of carbonyl (C=O) groups is 1. The number of piperidine rings is 1. The van der Waals surface area contributed by atoms with Crippen molar-refractivity contribution in [2.45, 2.75) is 25.4 Å². The molecule has 8 heteroatoms. The third kappa shape index (κ3) is 3.65. The molecule has 8 nitrogen and oxygen atoms in total. The van der Waals surface area contributed by atoms with Crippen LogP contribution in [0.2, 0.25) is 0 Å². The van der Waals surface area contributed by atoms with Gasteiger partial charge in [-0.25, -0.2) is 9.97 Å². The zero-order valence-corrected chi connectivity index (χ0v) is 12.9. The Labute approximate surface area is 133 Å². The first-order chi connectivity index (χ1) is 11.1. The van der Waals surface area contributed by atoms with Gasteiger partial charge >= 0.3 is 0 Å². The van der Waals surface area contributed by atoms with E-state index < -0.39 is 5.60 Å². The molecule has 1 atom stereocenters. The van der Waals surface area contributed by atoms with E-state index >= 15 is 0 Å². The fourth-order valence-corrected chi connectivity index (χ4v) is 2.69. The van der Waals surface area contributed by atoms with E-state index in [1.807, 2.05) is 4.90 Å². The molecule has 0 radical (unpaired) electrons. The Morgan fingerprint density at radius 1 is 1.48 bits per heavy atom. The van der Waals surface area contributed by atoms with Crippen molar-refractivity contribution in [2.75, 3.05) is 24.5 Å². The Bertz CT molecular complexity index is 675. The zero-order valence-electron chi connectivity index (χ0n) is 12.9. The molecule has 2 aromatic heterocycles. The molecule has 0 aromatic carbocycles. The van der Waals surface area contributed by atoms with E-state index in [-0.39, 0.29) is 18.1 Å². The molecule has 1 aliphatic rings. The lowest BCUT2D eigenvalue weighted by molar-refractivity contribution is 0.0251. The number of hydrogen-bond acceptors (Lipinski definition) is 7. The second-order valence-corrected chi connectivity index (χ2v) is 5.80. The van der Waals surface area contributed by atoms with Gasteiger partial charge in [0.05, 0.1) is 12.1 Å². The van der Waals surface area contributed by atoms with Crippen LogP contribution >= 0.6 is 0 Å². The molecule has 0 saturated carbocycles. The molecule has 1 fully saturated rings. The SMILES string of the molecule is Cc1cc(C(=O)NC[C@]2(O)CCCN(c3ncccn3)C2)no1. The molecule has 122 valence electrons. The number of carbonyl (C=O) groups excluding carboxylic acids is 1. The van der Waals surface area contributed by atoms with Crippen molar-refractivity contribution < 1.29 is 14.4 Å². The van der Waals surface area contributed by atoms with Gasteiger partial charge in [0.25, 0.3) is 5.91 Å². The molecule has 2 N–H and O–H groups in total. The molecule has 23 heavy (non-hydrogen) atoms. The average Bonchev–Trinajstić information content (AvgIpc) is 3.00. The van der Waals surface area contributed by atoms with Crippen LogP contribution in [-0.4, -0.2) is 51.4 Å². The zero-order chi connectivity index (χ0) is 16.3. The van der Waals surface area contributed by atoms with Crippen LogP contribution in [0, 0.1) is 6.92 Å². The maximum atomic E-state index is 12.0. The summed E-state index contributed by atoms with van der Waals surface area (Å²) in [5, 5.41) is 17.1. The van der Waals surface area contributed by atoms with Gasteiger partial charge in [-0.2, -0.15) is 0 Å². The third-order valence-electron chi connectivity index (χ3n) is 3.83. The molecule has 2 aromatic rings. The van der Waals surface area contributed by atoms with Gasteiger partial charge < -0.3 is 19.8 Å². The molecule has 0 unspecified atom stereocenters. The summed E-state index contributed by atoms with van der Waals surface area (Å²) >= 11 is 0. The maximum absolute atomic E-state index is 12.0. The highest BCUT2D eigenvalue weighted by atomic mass is 16.5. The lowest BCUT2D eigenvalue weighted by Gasteiger charge is -2.39. The van der Waals surface area contributed by atoms with E-state index in [0.29, 0.717) is 24.7 Å². The van der Waals surface area contributed by atoms with Crippen molar-refractivity contribution in [1.82, 2.24) is 20.4 Å². The van der Waals surface area contributed by atoms with Crippen molar-refractivity contribution in [3.05, 3.63) is 36.0 Å². The molecule has 1 saturated heterocycles. The first kappa shape index (κ1) is 15.4. The van der Waals surface area contributed by atoms with E-state index in [9.17, 15) is 9.90 Å². The summed E-state index contributed by atoms with van der Waals surface area (Å²) in [6, 6.07) is 3.31. The van der Waals surface area contributed by atoms with E-state index in [0.717, 1.165) is 13.0 Å². The second kappa shape index (κ2) is 6.33. The minimum Gasteiger partial charge on any atom is -0.386 e. The number of β-amino-alcohol motifs (C(OH)–C–C–N with tert-alkyl or cyclic N) is 1. The van der Waals surface area contributed by atoms with Crippen molar-refractivity contribution in [2.24, 2.45) is 0 Å². The summed E-state index contributed by atoms with van der Waals surface area (Å²) in [6.07, 6.45) is 4.75. The van der Waals surface area contributed by atoms with Crippen LogP contribution < -0.4 is 10.2 Å². The monoisotopic (exact) mass is 317 g/mol. The molecule has 0 bridgehead atoms. The minimum absolute atomic E-state index is 0.140. The Hall–Kier alpha value is -2.48. The Morgan fingerprint density at radius 2 is 2.26 bits per heavy atom. The van der Waals surface area contributed by atoms with Gasteiger partial charge in [-0.05, 0) is 25.8 Å². The van der Waals surface area contributed by atoms with Gasteiger partial charge in [-0.1, -0.05) is 5.16 Å². The summed E-state index contributed by atoms with van der Waals surface area (Å²) in [4.78, 5) is 22.4. The number of amides is 1. The lowest BCUT2D eigenvalue weighted by Crippen LogP contribution is -2.54. The highest BCUT2D eigenvalue weighted by Crippen LogP contribution is 2.23. The number of nitrogens with one attached hydrogen (secondary N) is 1. The number of nitrogens with zero attached hydrogens (tertiary/aromatic N) is 4. The van der Waals surface area contributed by atoms with Crippen LogP contribution in [0.4, 0.5) is 5.95 Å². The number of aliphatic hydroxyl groups is 1. The van der Waals surface area contributed by atoms with Crippen LogP contribution in [-0.2, 0) is 0 Å². The predicted molar refractivity (Wildman–Crippen MR) is 82.0 cm³/mol. The second-order valence-electron chi connectivity index (χ2n) is 5.80. The number of rotatable bonds is 4. The number of hydrogen-bond donors (Lipinski definition) is 2. The molecule has 3 rings (SSSR count). The minimum atomic E-state index is -1.02. The lowest BCUT2D eigenvalue weighted by atomic mass is 9.93. The molecule has 0 spiro atoms. The largest absolute Gasteiger partial charge is 0.386 e. The molecule has 0 aliphatic carbocycles. The van der Waals surface area contributed by atoms with Gasteiger partial charge in [0.15, 0.2) is 5.69 Å². The fraction of sp³-hybridized carbons (Fsp3) is 0.467. The van der Waals surface area contributed by atoms with Gasteiger partial charge in [-0.3, -0.25) is 4.79 Å². The normalized spacial score (nSPS) is 21.2. The Balaban J connectivity index is 1.61. The van der Waals surface area contributed by atoms with Crippen LogP contribution in [0.1, 0.15) is 29.1 Å². The summed E-state index contributed by atoms with van der Waals surface area (Å²) in [7, 11) is 0. The van der Waals surface area contributed by atoms with Crippen molar-refractivity contribution >= 4 is 11.9 Å². The van der Waals surface area contributed by atoms with Gasteiger partial charge in [-0.15, -0.1) is 0 Å². The van der Waals surface area contributed by atoms with E-state index in [1.165, 1.54) is 0 Å². The average molecular weight is 317 g/mol. The van der Waals surface area contributed by atoms with Crippen LogP contribution in [0.15, 0.2) is 29.0 Å². The summed E-state index contributed by atoms with van der Waals surface area (Å²) in [6.45, 7) is 3.01. The number of aryl methyl sites for hydroxylation is 1. The van der Waals surface area contributed by atoms with E-state index in [4.69, 9.17) is 4.52 Å². The van der Waals surface area contributed by atoms with Crippen LogP contribution in [0.3, 0.4) is 0 Å². The van der Waals surface area contributed by atoms with Crippen molar-refractivity contribution in [1.29, 1.82) is 0 Å². The summed E-state index contributed by atoms with van der Waals surface area (Å²) in [5.74, 6) is 0.798. The summed E-state index contributed by atoms with van der Waals surface area (Å²) < 4.78 is 4.88. The Morgan fingerprint density at radius 3 is 2.96 bits per heavy atom. The molecule has 3 heterocycles. The van der Waals surface area contributed by atoms with Crippen molar-refractivity contribution in [3.8, 4) is 0 Å². The third-order valence-corrected chi connectivity index (χ3v) is 3.83. The van der Waals surface area contributed by atoms with Gasteiger partial charge in [0, 0.05) is 31.5 Å². The van der Waals surface area contributed by atoms with Crippen molar-refractivity contribution in [3.63, 3.8) is 0 Å². The quantitative estimate of drug-likeness (QED) is 0.847. The molecular formula is C15H19N5O3. The number of anilines is 1. The first-order valence-electron chi connectivity index (χ1n) is 7.52. The fourth-order valence-electron chi connectivity index (χ4n) is 2.69. The highest BCUT2D eigenvalue weighted by molar-refractivity contribution is 5.92. The maximum Gasteiger partial charge on any atom is 0.273 e. The van der Waals surface area contributed by atoms with Gasteiger partial charge in [0.1, 0.15) is 5.76 Å². The smallest absolute Gasteiger partial charge is 0.273 e. The number of aromatic nitrogens is 3. The first-order valence-corrected chi connectivity index (χ1v) is 7.52. The molecule has 1 aliphatic heterocycles. The van der Waals surface area contributed by atoms with E-state index in [2.05, 4.69) is 20.4 Å². The highest BCUT2D eigenvalue weighted by Gasteiger charge is 2.34. The topological polar surface area (TPSA) is 104 Å².